The van der Waals surface area contributed by atoms with Crippen molar-refractivity contribution < 1.29 is 24.2 Å². The van der Waals surface area contributed by atoms with E-state index in [-0.39, 0.29) is 25.2 Å². The number of allylic oxidation sites excluding steroid dienone is 14. The summed E-state index contributed by atoms with van der Waals surface area (Å²) in [6.45, 7) is 4.06. The quantitative estimate of drug-likeness (QED) is 0.0373. The standard InChI is InChI=1S/C79H142O5/c1-3-5-7-9-11-13-15-17-19-21-23-25-27-29-31-33-35-36-37-38-39-40-41-42-44-45-47-49-51-53-55-57-59-61-63-65-67-69-71-73-78(81)83-76-77(75-80)84-79(82)74-72-70-68-66-64-62-60-58-56-54-52-50-48-46-43-34-32-30-28-26-24-22-20-18-16-14-12-10-8-6-4-2/h6,8,12,14-15,17-18,20-21,23-24,26-27,29,77,80H,3-5,7,9-11,13,16,19,22,25,28,30-76H2,1-2H3/b8-6-,14-12-,17-15-,20-18-,23-21-,26-24-,29-27-. The molecule has 0 saturated heterocycles. The Morgan fingerprint density at radius 1 is 0.286 bits per heavy atom. The summed E-state index contributed by atoms with van der Waals surface area (Å²) in [5.41, 5.74) is 0. The van der Waals surface area contributed by atoms with Crippen LogP contribution in [0.4, 0.5) is 0 Å². The molecule has 0 aliphatic heterocycles. The van der Waals surface area contributed by atoms with E-state index < -0.39 is 6.10 Å². The van der Waals surface area contributed by atoms with Crippen molar-refractivity contribution in [3.05, 3.63) is 85.1 Å². The second-order valence-corrected chi connectivity index (χ2v) is 25.0. The molecule has 0 rings (SSSR count). The van der Waals surface area contributed by atoms with E-state index in [0.29, 0.717) is 12.8 Å². The van der Waals surface area contributed by atoms with Gasteiger partial charge in [-0.1, -0.05) is 369 Å². The highest BCUT2D eigenvalue weighted by Crippen LogP contribution is 2.19. The Labute approximate surface area is 524 Å². The molecule has 0 bridgehead atoms. The highest BCUT2D eigenvalue weighted by molar-refractivity contribution is 5.70. The van der Waals surface area contributed by atoms with Crippen molar-refractivity contribution in [1.82, 2.24) is 0 Å². The Morgan fingerprint density at radius 2 is 0.512 bits per heavy atom. The van der Waals surface area contributed by atoms with Crippen LogP contribution in [0.3, 0.4) is 0 Å². The summed E-state index contributed by atoms with van der Waals surface area (Å²) in [7, 11) is 0. The Kier molecular flexibility index (Phi) is 71.7. The molecule has 1 atom stereocenters. The van der Waals surface area contributed by atoms with Gasteiger partial charge in [-0.05, 0) is 89.9 Å². The maximum absolute atomic E-state index is 12.4. The Hall–Kier alpha value is -2.92. The molecule has 1 N–H and O–H groups in total. The molecule has 0 aliphatic carbocycles. The molecule has 84 heavy (non-hydrogen) atoms. The normalized spacial score (nSPS) is 12.7. The van der Waals surface area contributed by atoms with Gasteiger partial charge in [0.1, 0.15) is 6.61 Å². The van der Waals surface area contributed by atoms with Gasteiger partial charge in [-0.2, -0.15) is 0 Å². The van der Waals surface area contributed by atoms with E-state index in [4.69, 9.17) is 9.47 Å². The van der Waals surface area contributed by atoms with Crippen molar-refractivity contribution in [1.29, 1.82) is 0 Å². The third-order valence-corrected chi connectivity index (χ3v) is 16.7. The number of carbonyl (C=O) groups excluding carboxylic acids is 2. The first-order valence-corrected chi connectivity index (χ1v) is 37.1. The van der Waals surface area contributed by atoms with Crippen molar-refractivity contribution in [3.8, 4) is 0 Å². The van der Waals surface area contributed by atoms with Gasteiger partial charge in [-0.3, -0.25) is 9.59 Å². The van der Waals surface area contributed by atoms with Crippen LogP contribution in [0.25, 0.3) is 0 Å². The zero-order valence-electron chi connectivity index (χ0n) is 56.2. The van der Waals surface area contributed by atoms with Crippen molar-refractivity contribution in [2.45, 2.75) is 392 Å². The smallest absolute Gasteiger partial charge is 0.306 e. The zero-order valence-corrected chi connectivity index (χ0v) is 56.2. The van der Waals surface area contributed by atoms with Crippen LogP contribution in [0, 0.1) is 0 Å². The van der Waals surface area contributed by atoms with E-state index in [2.05, 4.69) is 98.9 Å². The predicted octanol–water partition coefficient (Wildman–Crippen LogP) is 26.0. The fourth-order valence-corrected chi connectivity index (χ4v) is 11.1. The number of ether oxygens (including phenoxy) is 2. The largest absolute Gasteiger partial charge is 0.462 e. The fraction of sp³-hybridized carbons (Fsp3) is 0.797. The summed E-state index contributed by atoms with van der Waals surface area (Å²) in [5, 5.41) is 9.71. The maximum Gasteiger partial charge on any atom is 0.306 e. The molecule has 0 aromatic carbocycles. The van der Waals surface area contributed by atoms with Crippen LogP contribution in [-0.2, 0) is 19.1 Å². The molecular formula is C79H142O5. The summed E-state index contributed by atoms with van der Waals surface area (Å²) < 4.78 is 10.8. The molecule has 5 heteroatoms. The molecule has 0 spiro atoms. The number of aliphatic hydroxyl groups is 1. The Morgan fingerprint density at radius 3 is 0.774 bits per heavy atom. The average molecular weight is 1170 g/mol. The number of rotatable bonds is 69. The highest BCUT2D eigenvalue weighted by Gasteiger charge is 2.16. The van der Waals surface area contributed by atoms with Crippen LogP contribution < -0.4 is 0 Å². The van der Waals surface area contributed by atoms with Gasteiger partial charge in [-0.15, -0.1) is 0 Å². The van der Waals surface area contributed by atoms with E-state index in [0.717, 1.165) is 77.0 Å². The minimum absolute atomic E-state index is 0.0625. The summed E-state index contributed by atoms with van der Waals surface area (Å²) in [6.07, 6.45) is 105. The van der Waals surface area contributed by atoms with Gasteiger partial charge in [-0.25, -0.2) is 0 Å². The van der Waals surface area contributed by atoms with E-state index in [1.807, 2.05) is 0 Å². The fourth-order valence-electron chi connectivity index (χ4n) is 11.1. The summed E-state index contributed by atoms with van der Waals surface area (Å²) >= 11 is 0. The lowest BCUT2D eigenvalue weighted by Crippen LogP contribution is -2.28. The maximum atomic E-state index is 12.4. The molecule has 0 aliphatic rings. The zero-order chi connectivity index (χ0) is 60.5. The van der Waals surface area contributed by atoms with Crippen LogP contribution in [0.1, 0.15) is 386 Å². The monoisotopic (exact) mass is 1170 g/mol. The van der Waals surface area contributed by atoms with Crippen LogP contribution in [0.15, 0.2) is 85.1 Å². The number of aliphatic hydroxyl groups excluding tert-OH is 1. The SMILES string of the molecule is CC/C=C\C/C=C\C/C=C\C/C=C\CCCCCCCCCCCCCCCCCCCCC(=O)OC(CO)COC(=O)CCCCCCCCCCCCCCCCCCCCCCCCCC/C=C\C/C=C\C/C=C\CCCCCCC. The van der Waals surface area contributed by atoms with E-state index >= 15 is 0 Å². The van der Waals surface area contributed by atoms with Crippen molar-refractivity contribution in [2.24, 2.45) is 0 Å². The van der Waals surface area contributed by atoms with Gasteiger partial charge in [0.25, 0.3) is 0 Å². The van der Waals surface area contributed by atoms with E-state index in [1.54, 1.807) is 0 Å². The van der Waals surface area contributed by atoms with Gasteiger partial charge in [0.05, 0.1) is 6.61 Å². The van der Waals surface area contributed by atoms with Crippen LogP contribution in [0.5, 0.6) is 0 Å². The van der Waals surface area contributed by atoms with Gasteiger partial charge < -0.3 is 14.6 Å². The molecule has 0 amide bonds. The van der Waals surface area contributed by atoms with E-state index in [9.17, 15) is 14.7 Å². The van der Waals surface area contributed by atoms with Crippen molar-refractivity contribution >= 4 is 11.9 Å². The predicted molar refractivity (Wildman–Crippen MR) is 371 cm³/mol. The third-order valence-electron chi connectivity index (χ3n) is 16.7. The Balaban J connectivity index is 3.40. The van der Waals surface area contributed by atoms with Gasteiger partial charge >= 0.3 is 11.9 Å². The van der Waals surface area contributed by atoms with Crippen molar-refractivity contribution in [2.75, 3.05) is 13.2 Å². The van der Waals surface area contributed by atoms with E-state index in [1.165, 1.54) is 283 Å². The second kappa shape index (κ2) is 74.3. The lowest BCUT2D eigenvalue weighted by atomic mass is 10.0. The number of carbonyl (C=O) groups is 2. The molecule has 0 radical (unpaired) electrons. The minimum atomic E-state index is -0.774. The molecule has 0 heterocycles. The number of hydrogen-bond donors (Lipinski definition) is 1. The van der Waals surface area contributed by atoms with Gasteiger partial charge in [0, 0.05) is 12.8 Å². The summed E-state index contributed by atoms with van der Waals surface area (Å²) in [4.78, 5) is 24.7. The number of unbranched alkanes of at least 4 members (excludes halogenated alkanes) is 47. The molecule has 0 aromatic heterocycles. The lowest BCUT2D eigenvalue weighted by Gasteiger charge is -2.15. The molecule has 488 valence electrons. The van der Waals surface area contributed by atoms with Crippen molar-refractivity contribution in [3.63, 3.8) is 0 Å². The molecule has 0 saturated carbocycles. The first-order chi connectivity index (χ1) is 41.6. The molecule has 1 unspecified atom stereocenters. The summed E-state index contributed by atoms with van der Waals surface area (Å²) in [5.74, 6) is -0.571. The first-order valence-electron chi connectivity index (χ1n) is 37.1. The van der Waals surface area contributed by atoms with Gasteiger partial charge in [0.15, 0.2) is 6.10 Å². The number of hydrogen-bond acceptors (Lipinski definition) is 5. The number of esters is 2. The van der Waals surface area contributed by atoms with Crippen LogP contribution >= 0.6 is 0 Å². The summed E-state index contributed by atoms with van der Waals surface area (Å²) in [6, 6.07) is 0. The molecule has 5 nitrogen and oxygen atoms in total. The highest BCUT2D eigenvalue weighted by atomic mass is 16.6. The lowest BCUT2D eigenvalue weighted by molar-refractivity contribution is -0.161. The molecular weight excluding hydrogens is 1030 g/mol. The van der Waals surface area contributed by atoms with Gasteiger partial charge in [0.2, 0.25) is 0 Å². The average Bonchev–Trinajstić information content (AvgIpc) is 3.51. The first kappa shape index (κ1) is 81.1. The minimum Gasteiger partial charge on any atom is -0.462 e. The topological polar surface area (TPSA) is 72.8 Å². The molecule has 0 aromatic rings. The second-order valence-electron chi connectivity index (χ2n) is 25.0. The Bertz CT molecular complexity index is 1520. The molecule has 0 fully saturated rings. The third kappa shape index (κ3) is 71.6. The van der Waals surface area contributed by atoms with Crippen LogP contribution in [0.2, 0.25) is 0 Å². The van der Waals surface area contributed by atoms with Crippen LogP contribution in [-0.4, -0.2) is 36.4 Å².